The number of hydrogen-bond acceptors (Lipinski definition) is 4. The molecule has 0 heterocycles. The number of esters is 1. The van der Waals surface area contributed by atoms with Gasteiger partial charge in [-0.15, -0.1) is 0 Å². The van der Waals surface area contributed by atoms with Crippen LogP contribution in [0.1, 0.15) is 106 Å². The maximum atomic E-state index is 11.9. The Morgan fingerprint density at radius 1 is 0.889 bits per heavy atom. The van der Waals surface area contributed by atoms with E-state index >= 15 is 0 Å². The molecule has 11 atom stereocenters. The van der Waals surface area contributed by atoms with Gasteiger partial charge < -0.3 is 14.9 Å². The first-order valence-electron chi connectivity index (χ1n) is 14.9. The monoisotopic (exact) mass is 500 g/mol. The van der Waals surface area contributed by atoms with E-state index in [-0.39, 0.29) is 34.2 Å². The molecule has 4 heteroatoms. The molecule has 0 aromatic rings. The van der Waals surface area contributed by atoms with Crippen molar-refractivity contribution in [3.05, 3.63) is 12.2 Å². The van der Waals surface area contributed by atoms with Gasteiger partial charge in [-0.05, 0) is 117 Å². The number of fused-ring (bicyclic) bond motifs is 7. The van der Waals surface area contributed by atoms with Gasteiger partial charge >= 0.3 is 5.97 Å². The van der Waals surface area contributed by atoms with Gasteiger partial charge in [0.25, 0.3) is 0 Å². The Bertz CT molecular complexity index is 914. The predicted octanol–water partition coefficient (Wildman–Crippen LogP) is 6.54. The molecule has 2 N–H and O–H groups in total. The van der Waals surface area contributed by atoms with Gasteiger partial charge in [0.15, 0.2) is 0 Å². The Hall–Kier alpha value is -0.870. The van der Waals surface area contributed by atoms with E-state index in [2.05, 4.69) is 41.2 Å². The molecule has 5 aliphatic carbocycles. The first kappa shape index (κ1) is 26.7. The van der Waals surface area contributed by atoms with Crippen molar-refractivity contribution in [2.75, 3.05) is 13.2 Å². The number of hydrogen-bond donors (Lipinski definition) is 2. The highest BCUT2D eigenvalue weighted by Gasteiger charge is 2.71. The molecular weight excluding hydrogens is 448 g/mol. The Kier molecular flexibility index (Phi) is 6.36. The van der Waals surface area contributed by atoms with Crippen molar-refractivity contribution in [3.63, 3.8) is 0 Å². The average Bonchev–Trinajstić information content (AvgIpc) is 3.21. The lowest BCUT2D eigenvalue weighted by atomic mass is 9.32. The molecule has 0 bridgehead atoms. The molecule has 0 radical (unpaired) electrons. The number of rotatable bonds is 4. The summed E-state index contributed by atoms with van der Waals surface area (Å²) in [7, 11) is 0. The van der Waals surface area contributed by atoms with Crippen LogP contribution in [0, 0.1) is 56.7 Å². The molecule has 204 valence electrons. The van der Waals surface area contributed by atoms with E-state index in [1.54, 1.807) is 6.92 Å². The van der Waals surface area contributed by atoms with Gasteiger partial charge in [0.2, 0.25) is 0 Å². The second-order valence-corrected chi connectivity index (χ2v) is 15.0. The fraction of sp³-hybridized carbons (Fsp3) is 0.906. The highest BCUT2D eigenvalue weighted by atomic mass is 16.5. The smallest absolute Gasteiger partial charge is 0.302 e. The van der Waals surface area contributed by atoms with Crippen molar-refractivity contribution in [1.29, 1.82) is 0 Å². The molecule has 0 aromatic heterocycles. The predicted molar refractivity (Wildman–Crippen MR) is 143 cm³/mol. The van der Waals surface area contributed by atoms with Crippen LogP contribution in [0.2, 0.25) is 0 Å². The minimum Gasteiger partial charge on any atom is -0.465 e. The number of ether oxygens (including phenoxy) is 1. The van der Waals surface area contributed by atoms with Crippen molar-refractivity contribution in [1.82, 2.24) is 0 Å². The summed E-state index contributed by atoms with van der Waals surface area (Å²) in [5.41, 5.74) is 1.68. The summed E-state index contributed by atoms with van der Waals surface area (Å²) in [6.07, 6.45) is 11.0. The van der Waals surface area contributed by atoms with E-state index in [1.165, 1.54) is 37.7 Å². The van der Waals surface area contributed by atoms with Gasteiger partial charge in [0.05, 0.1) is 19.3 Å². The van der Waals surface area contributed by atoms with Crippen LogP contribution in [0.15, 0.2) is 12.2 Å². The zero-order valence-corrected chi connectivity index (χ0v) is 23.9. The molecule has 0 saturated heterocycles. The van der Waals surface area contributed by atoms with Gasteiger partial charge in [-0.3, -0.25) is 4.79 Å². The summed E-state index contributed by atoms with van der Waals surface area (Å²) in [6.45, 7) is 18.8. The van der Waals surface area contributed by atoms with Crippen LogP contribution < -0.4 is 0 Å². The van der Waals surface area contributed by atoms with E-state index in [0.717, 1.165) is 32.1 Å². The molecule has 0 aromatic carbocycles. The Morgan fingerprint density at radius 3 is 2.25 bits per heavy atom. The third-order valence-corrected chi connectivity index (χ3v) is 13.9. The third kappa shape index (κ3) is 3.34. The second kappa shape index (κ2) is 8.57. The summed E-state index contributed by atoms with van der Waals surface area (Å²) in [5.74, 6) is 2.55. The standard InChI is InChI=1S/C32H52O4/c1-20(2)22-10-15-32(19-36-21(3)34)17-16-30(6)23(27(22)32)8-9-25-28(4)13-12-26(35)29(5,18-33)24(28)11-14-31(25,30)7/h22-27,33,35H,1,8-19H2,2-7H3/t22-,23+,24+,25+,26-,27+,28-,29?,30+,31+,32+/m0/s1. The Labute approximate surface area is 219 Å². The zero-order chi connectivity index (χ0) is 26.3. The SMILES string of the molecule is C=C(C)[C@@H]1CC[C@]2(COC(C)=O)CC[C@]3(C)[C@H](CC[C@@H]4[C@@]5(C)CC[C@H](O)C(C)(CO)[C@@H]5CC[C@]43C)[C@@H]12. The van der Waals surface area contributed by atoms with Crippen LogP contribution in [0.3, 0.4) is 0 Å². The first-order chi connectivity index (χ1) is 16.8. The van der Waals surface area contributed by atoms with Crippen LogP contribution in [0.5, 0.6) is 0 Å². The Balaban J connectivity index is 1.53. The van der Waals surface area contributed by atoms with Gasteiger partial charge in [-0.1, -0.05) is 39.8 Å². The molecule has 4 nitrogen and oxygen atoms in total. The number of aliphatic hydroxyl groups excluding tert-OH is 2. The highest BCUT2D eigenvalue weighted by molar-refractivity contribution is 5.65. The van der Waals surface area contributed by atoms with E-state index < -0.39 is 11.5 Å². The fourth-order valence-electron chi connectivity index (χ4n) is 11.8. The maximum absolute atomic E-state index is 11.9. The number of aliphatic hydroxyl groups is 2. The number of carbonyl (C=O) groups excluding carboxylic acids is 1. The lowest BCUT2D eigenvalue weighted by Crippen LogP contribution is -2.67. The number of carbonyl (C=O) groups is 1. The van der Waals surface area contributed by atoms with E-state index in [0.29, 0.717) is 36.2 Å². The Morgan fingerprint density at radius 2 is 1.61 bits per heavy atom. The van der Waals surface area contributed by atoms with E-state index in [9.17, 15) is 15.0 Å². The maximum Gasteiger partial charge on any atom is 0.302 e. The quantitative estimate of drug-likeness (QED) is 0.340. The fourth-order valence-corrected chi connectivity index (χ4v) is 11.8. The molecule has 5 fully saturated rings. The lowest BCUT2D eigenvalue weighted by molar-refractivity contribution is -0.255. The van der Waals surface area contributed by atoms with Gasteiger partial charge in [0.1, 0.15) is 0 Å². The highest BCUT2D eigenvalue weighted by Crippen LogP contribution is 2.77. The summed E-state index contributed by atoms with van der Waals surface area (Å²) in [4.78, 5) is 11.9. The first-order valence-corrected chi connectivity index (χ1v) is 14.9. The third-order valence-electron chi connectivity index (χ3n) is 13.9. The summed E-state index contributed by atoms with van der Waals surface area (Å²) in [6, 6.07) is 0. The molecule has 0 spiro atoms. The van der Waals surface area contributed by atoms with Gasteiger partial charge in [-0.2, -0.15) is 0 Å². The zero-order valence-electron chi connectivity index (χ0n) is 23.9. The average molecular weight is 501 g/mol. The van der Waals surface area contributed by atoms with Gasteiger partial charge in [-0.25, -0.2) is 0 Å². The molecular formula is C32H52O4. The summed E-state index contributed by atoms with van der Waals surface area (Å²) in [5, 5.41) is 21.4. The largest absolute Gasteiger partial charge is 0.465 e. The van der Waals surface area contributed by atoms with E-state index in [1.807, 2.05) is 0 Å². The summed E-state index contributed by atoms with van der Waals surface area (Å²) < 4.78 is 5.77. The normalized spacial score (nSPS) is 54.0. The van der Waals surface area contributed by atoms with E-state index in [4.69, 9.17) is 4.74 Å². The molecule has 36 heavy (non-hydrogen) atoms. The molecule has 5 aliphatic rings. The minimum absolute atomic E-state index is 0.0821. The minimum atomic E-state index is -0.400. The van der Waals surface area contributed by atoms with Crippen molar-refractivity contribution >= 4 is 5.97 Å². The van der Waals surface area contributed by atoms with Crippen molar-refractivity contribution < 1.29 is 19.7 Å². The van der Waals surface area contributed by atoms with Crippen LogP contribution in [0.4, 0.5) is 0 Å². The van der Waals surface area contributed by atoms with Gasteiger partial charge in [0, 0.05) is 17.8 Å². The topological polar surface area (TPSA) is 66.8 Å². The van der Waals surface area contributed by atoms with Crippen LogP contribution in [-0.2, 0) is 9.53 Å². The molecule has 1 unspecified atom stereocenters. The van der Waals surface area contributed by atoms with Crippen molar-refractivity contribution in [2.45, 2.75) is 112 Å². The molecule has 0 aliphatic heterocycles. The molecule has 0 amide bonds. The van der Waals surface area contributed by atoms with Crippen LogP contribution in [0.25, 0.3) is 0 Å². The van der Waals surface area contributed by atoms with Crippen LogP contribution in [-0.4, -0.2) is 35.5 Å². The molecule has 5 saturated carbocycles. The second-order valence-electron chi connectivity index (χ2n) is 15.0. The number of allylic oxidation sites excluding steroid dienone is 1. The van der Waals surface area contributed by atoms with Crippen LogP contribution >= 0.6 is 0 Å². The van der Waals surface area contributed by atoms with Crippen molar-refractivity contribution in [2.24, 2.45) is 56.7 Å². The summed E-state index contributed by atoms with van der Waals surface area (Å²) >= 11 is 0. The lowest BCUT2D eigenvalue weighted by Gasteiger charge is -2.73. The van der Waals surface area contributed by atoms with Crippen molar-refractivity contribution in [3.8, 4) is 0 Å². The molecule has 5 rings (SSSR count).